The van der Waals surface area contributed by atoms with Crippen molar-refractivity contribution in [3.63, 3.8) is 0 Å². The number of anilines is 2. The summed E-state index contributed by atoms with van der Waals surface area (Å²) >= 11 is 0. The van der Waals surface area contributed by atoms with Gasteiger partial charge in [0.1, 0.15) is 5.82 Å². The Kier molecular flexibility index (Phi) is 5.96. The average Bonchev–Trinajstić information content (AvgIpc) is 2.68. The van der Waals surface area contributed by atoms with E-state index in [2.05, 4.69) is 10.6 Å². The van der Waals surface area contributed by atoms with Gasteiger partial charge in [0.25, 0.3) is 0 Å². The molecule has 0 aromatic heterocycles. The molecule has 3 rings (SSSR count). The molecule has 0 spiro atoms. The number of rotatable bonds is 4. The fraction of sp³-hybridized carbons (Fsp3) is 0.300. The second kappa shape index (κ2) is 8.41. The minimum Gasteiger partial charge on any atom is -0.326 e. The van der Waals surface area contributed by atoms with Gasteiger partial charge < -0.3 is 10.6 Å². The van der Waals surface area contributed by atoms with Crippen LogP contribution in [0.2, 0.25) is 0 Å². The van der Waals surface area contributed by atoms with Crippen LogP contribution in [0.15, 0.2) is 36.4 Å². The zero-order chi connectivity index (χ0) is 20.3. The van der Waals surface area contributed by atoms with Gasteiger partial charge in [-0.2, -0.15) is 0 Å². The quantitative estimate of drug-likeness (QED) is 0.587. The van der Waals surface area contributed by atoms with E-state index in [1.54, 1.807) is 6.07 Å². The molecule has 28 heavy (non-hydrogen) atoms. The monoisotopic (exact) mass is 394 g/mol. The number of hydrogen-bond acceptors (Lipinski definition) is 2. The van der Waals surface area contributed by atoms with Crippen LogP contribution in [0.5, 0.6) is 0 Å². The molecular formula is C20H18F4N2O2. The van der Waals surface area contributed by atoms with Gasteiger partial charge in [0.05, 0.1) is 5.69 Å². The van der Waals surface area contributed by atoms with E-state index >= 15 is 0 Å². The minimum absolute atomic E-state index is 0.254. The lowest BCUT2D eigenvalue weighted by Gasteiger charge is -2.27. The van der Waals surface area contributed by atoms with E-state index in [9.17, 15) is 27.2 Å². The Hall–Kier alpha value is -2.90. The van der Waals surface area contributed by atoms with Crippen molar-refractivity contribution < 1.29 is 27.2 Å². The number of carbonyl (C=O) groups is 2. The Bertz CT molecular complexity index is 896. The largest absolute Gasteiger partial charge is 0.326 e. The van der Waals surface area contributed by atoms with Crippen LogP contribution in [-0.4, -0.2) is 11.8 Å². The molecule has 0 unspecified atom stereocenters. The fourth-order valence-corrected chi connectivity index (χ4v) is 3.29. The van der Waals surface area contributed by atoms with Gasteiger partial charge >= 0.3 is 0 Å². The Morgan fingerprint density at radius 2 is 1.39 bits per heavy atom. The van der Waals surface area contributed by atoms with E-state index in [1.807, 2.05) is 0 Å². The predicted octanol–water partition coefficient (Wildman–Crippen LogP) is 4.63. The summed E-state index contributed by atoms with van der Waals surface area (Å²) < 4.78 is 53.1. The van der Waals surface area contributed by atoms with Crippen molar-refractivity contribution in [2.75, 3.05) is 10.6 Å². The van der Waals surface area contributed by atoms with Crippen LogP contribution >= 0.6 is 0 Å². The van der Waals surface area contributed by atoms with Gasteiger partial charge in [0, 0.05) is 17.5 Å². The summed E-state index contributed by atoms with van der Waals surface area (Å²) in [4.78, 5) is 24.6. The van der Waals surface area contributed by atoms with Gasteiger partial charge in [-0.25, -0.2) is 17.6 Å². The zero-order valence-corrected chi connectivity index (χ0v) is 14.8. The Labute approximate surface area is 158 Å². The van der Waals surface area contributed by atoms with E-state index in [4.69, 9.17) is 0 Å². The van der Waals surface area contributed by atoms with Crippen LogP contribution in [0.3, 0.4) is 0 Å². The van der Waals surface area contributed by atoms with Crippen molar-refractivity contribution in [3.05, 3.63) is 59.7 Å². The predicted molar refractivity (Wildman–Crippen MR) is 95.4 cm³/mol. The average molecular weight is 394 g/mol. The van der Waals surface area contributed by atoms with E-state index in [0.29, 0.717) is 31.4 Å². The van der Waals surface area contributed by atoms with Crippen molar-refractivity contribution in [3.8, 4) is 0 Å². The van der Waals surface area contributed by atoms with E-state index in [0.717, 1.165) is 12.1 Å². The summed E-state index contributed by atoms with van der Waals surface area (Å²) in [5.74, 6) is -6.43. The number of benzene rings is 2. The number of hydrogen-bond donors (Lipinski definition) is 2. The van der Waals surface area contributed by atoms with Crippen LogP contribution in [0, 0.1) is 35.1 Å². The van der Waals surface area contributed by atoms with E-state index in [-0.39, 0.29) is 11.8 Å². The molecule has 0 heterocycles. The molecule has 148 valence electrons. The molecule has 2 amide bonds. The normalized spacial score (nSPS) is 19.1. The van der Waals surface area contributed by atoms with Gasteiger partial charge in [0.15, 0.2) is 17.5 Å². The molecule has 2 N–H and O–H groups in total. The number of carbonyl (C=O) groups excluding carboxylic acids is 2. The lowest BCUT2D eigenvalue weighted by atomic mass is 9.81. The molecule has 0 atom stereocenters. The summed E-state index contributed by atoms with van der Waals surface area (Å²) in [6.07, 6.45) is 1.63. The maximum Gasteiger partial charge on any atom is 0.227 e. The number of nitrogens with one attached hydrogen (secondary N) is 2. The first-order valence-electron chi connectivity index (χ1n) is 8.86. The molecule has 0 aliphatic heterocycles. The highest BCUT2D eigenvalue weighted by Crippen LogP contribution is 2.31. The first-order valence-corrected chi connectivity index (χ1v) is 8.86. The molecule has 2 aromatic rings. The standard InChI is InChI=1S/C20H18F4N2O2/c21-13-2-1-3-14(10-13)25-19(27)11-4-6-12(7-5-11)20(28)26-16-9-8-15(22)17(23)18(16)24/h1-3,8-12H,4-7H2,(H,25,27)(H,26,28). The molecule has 0 saturated heterocycles. The van der Waals surface area contributed by atoms with Crippen LogP contribution in [-0.2, 0) is 9.59 Å². The second-order valence-corrected chi connectivity index (χ2v) is 6.76. The van der Waals surface area contributed by atoms with Crippen molar-refractivity contribution >= 4 is 23.2 Å². The first-order chi connectivity index (χ1) is 13.3. The van der Waals surface area contributed by atoms with Crippen LogP contribution in [0.4, 0.5) is 28.9 Å². The lowest BCUT2D eigenvalue weighted by Crippen LogP contribution is -2.32. The summed E-state index contributed by atoms with van der Waals surface area (Å²) in [7, 11) is 0. The Morgan fingerprint density at radius 3 is 2.00 bits per heavy atom. The second-order valence-electron chi connectivity index (χ2n) is 6.76. The Balaban J connectivity index is 1.54. The molecular weight excluding hydrogens is 376 g/mol. The number of halogens is 4. The third-order valence-corrected chi connectivity index (χ3v) is 4.85. The summed E-state index contributed by atoms with van der Waals surface area (Å²) in [6, 6.07) is 7.26. The highest BCUT2D eigenvalue weighted by molar-refractivity contribution is 5.94. The molecule has 8 heteroatoms. The highest BCUT2D eigenvalue weighted by atomic mass is 19.2. The first kappa shape index (κ1) is 19.9. The van der Waals surface area contributed by atoms with Crippen LogP contribution < -0.4 is 10.6 Å². The van der Waals surface area contributed by atoms with Gasteiger partial charge in [0.2, 0.25) is 11.8 Å². The van der Waals surface area contributed by atoms with Gasteiger partial charge in [-0.1, -0.05) is 6.07 Å². The maximum absolute atomic E-state index is 13.7. The number of amides is 2. The third kappa shape index (κ3) is 4.49. The van der Waals surface area contributed by atoms with Crippen molar-refractivity contribution in [2.24, 2.45) is 11.8 Å². The van der Waals surface area contributed by atoms with Crippen LogP contribution in [0.25, 0.3) is 0 Å². The topological polar surface area (TPSA) is 58.2 Å². The smallest absolute Gasteiger partial charge is 0.227 e. The van der Waals surface area contributed by atoms with Crippen molar-refractivity contribution in [1.82, 2.24) is 0 Å². The third-order valence-electron chi connectivity index (χ3n) is 4.85. The molecule has 1 saturated carbocycles. The van der Waals surface area contributed by atoms with Crippen LogP contribution in [0.1, 0.15) is 25.7 Å². The molecule has 1 aliphatic carbocycles. The molecule has 0 bridgehead atoms. The fourth-order valence-electron chi connectivity index (χ4n) is 3.29. The van der Waals surface area contributed by atoms with Gasteiger partial charge in [-0.05, 0) is 56.0 Å². The minimum atomic E-state index is -1.64. The van der Waals surface area contributed by atoms with Crippen molar-refractivity contribution in [1.29, 1.82) is 0 Å². The SMILES string of the molecule is O=C(Nc1cccc(F)c1)C1CCC(C(=O)Nc2ccc(F)c(F)c2F)CC1. The zero-order valence-electron chi connectivity index (χ0n) is 14.8. The highest BCUT2D eigenvalue weighted by Gasteiger charge is 2.30. The molecule has 2 aromatic carbocycles. The summed E-state index contributed by atoms with van der Waals surface area (Å²) in [5, 5.41) is 4.92. The van der Waals surface area contributed by atoms with Gasteiger partial charge in [-0.3, -0.25) is 9.59 Å². The van der Waals surface area contributed by atoms with E-state index < -0.39 is 40.8 Å². The summed E-state index contributed by atoms with van der Waals surface area (Å²) in [5.41, 5.74) is -0.0615. The lowest BCUT2D eigenvalue weighted by molar-refractivity contribution is -0.125. The van der Waals surface area contributed by atoms with Crippen molar-refractivity contribution in [2.45, 2.75) is 25.7 Å². The summed E-state index contributed by atoms with van der Waals surface area (Å²) in [6.45, 7) is 0. The molecule has 1 fully saturated rings. The molecule has 0 radical (unpaired) electrons. The van der Waals surface area contributed by atoms with Gasteiger partial charge in [-0.15, -0.1) is 0 Å². The van der Waals surface area contributed by atoms with E-state index in [1.165, 1.54) is 18.2 Å². The Morgan fingerprint density at radius 1 is 0.786 bits per heavy atom. The molecule has 4 nitrogen and oxygen atoms in total. The molecule has 1 aliphatic rings. The maximum atomic E-state index is 13.7.